The first-order valence-electron chi connectivity index (χ1n) is 10.9. The number of methoxy groups -OCH3 is 1. The summed E-state index contributed by atoms with van der Waals surface area (Å²) in [6, 6.07) is 0.458. The molecule has 160 valence electrons. The molecule has 1 saturated heterocycles. The van der Waals surface area contributed by atoms with Crippen molar-refractivity contribution in [3.05, 3.63) is 28.6 Å². The van der Waals surface area contributed by atoms with Crippen LogP contribution < -0.4 is 10.6 Å². The Morgan fingerprint density at radius 3 is 2.93 bits per heavy atom. The highest BCUT2D eigenvalue weighted by atomic mass is 35.5. The van der Waals surface area contributed by atoms with Gasteiger partial charge in [0.25, 0.3) is 0 Å². The lowest BCUT2D eigenvalue weighted by Gasteiger charge is -2.38. The van der Waals surface area contributed by atoms with Gasteiger partial charge in [0.1, 0.15) is 0 Å². The van der Waals surface area contributed by atoms with Crippen LogP contribution >= 0.6 is 11.6 Å². The molecule has 0 aromatic carbocycles. The molecule has 7 heteroatoms. The van der Waals surface area contributed by atoms with Gasteiger partial charge >= 0.3 is 0 Å². The third-order valence-electron chi connectivity index (χ3n) is 6.46. The van der Waals surface area contributed by atoms with E-state index in [-0.39, 0.29) is 18.0 Å². The number of rotatable bonds is 8. The topological polar surface area (TPSA) is 58.5 Å². The van der Waals surface area contributed by atoms with Crippen molar-refractivity contribution in [3.63, 3.8) is 0 Å². The molecule has 1 aromatic heterocycles. The second-order valence-corrected chi connectivity index (χ2v) is 8.94. The molecule has 2 fully saturated rings. The van der Waals surface area contributed by atoms with Gasteiger partial charge in [-0.25, -0.2) is 0 Å². The molecule has 2 N–H and O–H groups in total. The summed E-state index contributed by atoms with van der Waals surface area (Å²) in [5.41, 5.74) is 2.42. The van der Waals surface area contributed by atoms with Crippen LogP contribution in [0.5, 0.6) is 0 Å². The van der Waals surface area contributed by atoms with Gasteiger partial charge in [0.05, 0.1) is 11.1 Å². The number of carbonyl (C=O) groups is 1. The molecule has 3 aliphatic rings. The van der Waals surface area contributed by atoms with Crippen LogP contribution in [0, 0.1) is 5.92 Å². The predicted octanol–water partition coefficient (Wildman–Crippen LogP) is 2.30. The number of fused-ring (bicyclic) bond motifs is 1. The van der Waals surface area contributed by atoms with Crippen LogP contribution in [0.1, 0.15) is 37.4 Å². The normalized spacial score (nSPS) is 24.9. The van der Waals surface area contributed by atoms with Gasteiger partial charge in [-0.2, -0.15) is 0 Å². The summed E-state index contributed by atoms with van der Waals surface area (Å²) in [4.78, 5) is 15.5. The second kappa shape index (κ2) is 9.21. The van der Waals surface area contributed by atoms with Crippen LogP contribution in [0.4, 0.5) is 0 Å². The highest BCUT2D eigenvalue weighted by Crippen LogP contribution is 2.36. The Kier molecular flexibility index (Phi) is 6.64. The Bertz CT molecular complexity index is 752. The zero-order chi connectivity index (χ0) is 20.4. The van der Waals surface area contributed by atoms with Crippen LogP contribution in [-0.4, -0.2) is 66.9 Å². The molecule has 0 spiro atoms. The standard InChI is InChI=1S/C22H33ClN4O2/c1-15(27(17-5-6-17)22(28)20-13-24-8-9-25-20)16-4-7-18-19(23)14-26(21(18)12-16)10-3-11-29-2/h4,7,14-17,20,24-25H,3,5-6,8-13H2,1-2H3/t15-,16?,20+/m0/s1. The van der Waals surface area contributed by atoms with E-state index in [0.717, 1.165) is 69.1 Å². The van der Waals surface area contributed by atoms with Gasteiger partial charge in [0.2, 0.25) is 5.91 Å². The molecule has 1 saturated carbocycles. The number of carbonyl (C=O) groups excluding carboxylic acids is 1. The fourth-order valence-electron chi connectivity index (χ4n) is 4.68. The van der Waals surface area contributed by atoms with Crippen LogP contribution in [-0.2, 0) is 22.5 Å². The Labute approximate surface area is 178 Å². The largest absolute Gasteiger partial charge is 0.385 e. The molecule has 1 amide bonds. The first kappa shape index (κ1) is 20.9. The summed E-state index contributed by atoms with van der Waals surface area (Å²) >= 11 is 6.49. The van der Waals surface area contributed by atoms with Crippen LogP contribution in [0.2, 0.25) is 5.02 Å². The zero-order valence-corrected chi connectivity index (χ0v) is 18.3. The van der Waals surface area contributed by atoms with Crippen LogP contribution in [0.15, 0.2) is 12.3 Å². The summed E-state index contributed by atoms with van der Waals surface area (Å²) in [6.45, 7) is 6.36. The maximum Gasteiger partial charge on any atom is 0.241 e. The minimum atomic E-state index is -0.109. The van der Waals surface area contributed by atoms with E-state index in [1.54, 1.807) is 7.11 Å². The third-order valence-corrected chi connectivity index (χ3v) is 6.76. The van der Waals surface area contributed by atoms with Crippen molar-refractivity contribution in [3.8, 4) is 0 Å². The van der Waals surface area contributed by atoms with Gasteiger partial charge in [-0.3, -0.25) is 4.79 Å². The Balaban J connectivity index is 1.49. The molecule has 0 radical (unpaired) electrons. The second-order valence-electron chi connectivity index (χ2n) is 8.53. The molecule has 4 rings (SSSR count). The minimum Gasteiger partial charge on any atom is -0.385 e. The summed E-state index contributed by atoms with van der Waals surface area (Å²) in [6.07, 6.45) is 10.6. The lowest BCUT2D eigenvalue weighted by molar-refractivity contribution is -0.137. The number of nitrogens with zero attached hydrogens (tertiary/aromatic N) is 2. The van der Waals surface area contributed by atoms with E-state index < -0.39 is 0 Å². The van der Waals surface area contributed by atoms with Gasteiger partial charge in [-0.1, -0.05) is 23.8 Å². The van der Waals surface area contributed by atoms with E-state index in [1.807, 2.05) is 6.20 Å². The van der Waals surface area contributed by atoms with E-state index in [4.69, 9.17) is 16.3 Å². The predicted molar refractivity (Wildman–Crippen MR) is 116 cm³/mol. The molecular formula is C22H33ClN4O2. The fourth-order valence-corrected chi connectivity index (χ4v) is 4.97. The molecule has 3 atom stereocenters. The number of hydrogen-bond donors (Lipinski definition) is 2. The molecule has 2 aliphatic carbocycles. The molecule has 29 heavy (non-hydrogen) atoms. The van der Waals surface area contributed by atoms with Crippen molar-refractivity contribution >= 4 is 23.6 Å². The number of piperazine rings is 1. The third kappa shape index (κ3) is 4.55. The van der Waals surface area contributed by atoms with Crippen molar-refractivity contribution in [2.45, 2.75) is 57.3 Å². The first-order valence-corrected chi connectivity index (χ1v) is 11.3. The lowest BCUT2D eigenvalue weighted by atomic mass is 9.88. The molecule has 1 aliphatic heterocycles. The van der Waals surface area contributed by atoms with E-state index in [0.29, 0.717) is 12.0 Å². The first-order chi connectivity index (χ1) is 14.1. The summed E-state index contributed by atoms with van der Waals surface area (Å²) in [5.74, 6) is 0.552. The average molecular weight is 421 g/mol. The van der Waals surface area contributed by atoms with Crippen molar-refractivity contribution < 1.29 is 9.53 Å². The number of hydrogen-bond acceptors (Lipinski definition) is 4. The highest BCUT2D eigenvalue weighted by molar-refractivity contribution is 6.32. The van der Waals surface area contributed by atoms with Crippen molar-refractivity contribution in [2.24, 2.45) is 5.92 Å². The van der Waals surface area contributed by atoms with E-state index in [9.17, 15) is 4.79 Å². The summed E-state index contributed by atoms with van der Waals surface area (Å²) in [5, 5.41) is 7.55. The number of nitrogens with one attached hydrogen (secondary N) is 2. The minimum absolute atomic E-state index is 0.109. The molecular weight excluding hydrogens is 388 g/mol. The summed E-state index contributed by atoms with van der Waals surface area (Å²) in [7, 11) is 1.73. The smallest absolute Gasteiger partial charge is 0.241 e. The van der Waals surface area contributed by atoms with Gasteiger partial charge in [0, 0.05) is 75.4 Å². The van der Waals surface area contributed by atoms with Crippen molar-refractivity contribution in [1.82, 2.24) is 20.1 Å². The monoisotopic (exact) mass is 420 g/mol. The number of halogens is 1. The molecule has 6 nitrogen and oxygen atoms in total. The zero-order valence-electron chi connectivity index (χ0n) is 17.5. The highest BCUT2D eigenvalue weighted by Gasteiger charge is 2.41. The van der Waals surface area contributed by atoms with Crippen molar-refractivity contribution in [1.29, 1.82) is 0 Å². The van der Waals surface area contributed by atoms with Crippen LogP contribution in [0.3, 0.4) is 0 Å². The molecule has 0 bridgehead atoms. The molecule has 2 heterocycles. The summed E-state index contributed by atoms with van der Waals surface area (Å²) < 4.78 is 7.48. The maximum absolute atomic E-state index is 13.3. The number of aryl methyl sites for hydroxylation is 1. The van der Waals surface area contributed by atoms with E-state index in [1.165, 1.54) is 5.69 Å². The lowest BCUT2D eigenvalue weighted by Crippen LogP contribution is -2.59. The van der Waals surface area contributed by atoms with Gasteiger partial charge in [-0.05, 0) is 32.6 Å². The fraction of sp³-hybridized carbons (Fsp3) is 0.682. The number of aromatic nitrogens is 1. The SMILES string of the molecule is COCCCn1cc(Cl)c2c1CC([C@H](C)N(C(=O)[C@H]1CNCCN1)C1CC1)C=C2. The number of amides is 1. The Hall–Kier alpha value is -1.34. The molecule has 1 unspecified atom stereocenters. The van der Waals surface area contributed by atoms with Gasteiger partial charge < -0.3 is 24.8 Å². The van der Waals surface area contributed by atoms with Crippen LogP contribution in [0.25, 0.3) is 6.08 Å². The van der Waals surface area contributed by atoms with Crippen molar-refractivity contribution in [2.75, 3.05) is 33.4 Å². The van der Waals surface area contributed by atoms with Gasteiger partial charge in [0.15, 0.2) is 0 Å². The molecule has 1 aromatic rings. The van der Waals surface area contributed by atoms with Gasteiger partial charge in [-0.15, -0.1) is 0 Å². The average Bonchev–Trinajstić information content (AvgIpc) is 3.53. The number of ether oxygens (including phenoxy) is 1. The van der Waals surface area contributed by atoms with E-state index >= 15 is 0 Å². The Morgan fingerprint density at radius 1 is 1.41 bits per heavy atom. The van der Waals surface area contributed by atoms with E-state index in [2.05, 4.69) is 39.2 Å². The Morgan fingerprint density at radius 2 is 2.24 bits per heavy atom. The maximum atomic E-state index is 13.3. The quantitative estimate of drug-likeness (QED) is 0.633.